The number of rotatable bonds is 9. The molecule has 1 unspecified atom stereocenters. The number of anilines is 1. The topological polar surface area (TPSA) is 79.7 Å². The zero-order valence-electron chi connectivity index (χ0n) is 20.2. The van der Waals surface area contributed by atoms with Crippen LogP contribution >= 0.6 is 0 Å². The fraction of sp³-hybridized carbons (Fsp3) is 0.129. The van der Waals surface area contributed by atoms with Gasteiger partial charge in [0.1, 0.15) is 12.4 Å². The van der Waals surface area contributed by atoms with Crippen LogP contribution in [0.25, 0.3) is 0 Å². The van der Waals surface area contributed by atoms with Crippen LogP contribution in [0.2, 0.25) is 0 Å². The molecule has 0 saturated heterocycles. The number of aromatic nitrogens is 1. The number of aliphatic hydroxyl groups is 1. The number of amides is 1. The number of pyridine rings is 1. The smallest absolute Gasteiger partial charge is 0.294 e. The molecule has 0 aliphatic carbocycles. The van der Waals surface area contributed by atoms with E-state index in [1.807, 2.05) is 60.7 Å². The highest BCUT2D eigenvalue weighted by molar-refractivity contribution is 6.16. The van der Waals surface area contributed by atoms with Gasteiger partial charge in [-0.2, -0.15) is 0 Å². The minimum absolute atomic E-state index is 0.0957. The summed E-state index contributed by atoms with van der Waals surface area (Å²) < 4.78 is 5.88. The van der Waals surface area contributed by atoms with Gasteiger partial charge in [0.05, 0.1) is 11.6 Å². The second-order valence-electron chi connectivity index (χ2n) is 8.80. The molecule has 1 aromatic heterocycles. The molecule has 3 aromatic carbocycles. The average Bonchev–Trinajstić information content (AvgIpc) is 3.22. The van der Waals surface area contributed by atoms with E-state index >= 15 is 0 Å². The van der Waals surface area contributed by atoms with Crippen molar-refractivity contribution >= 4 is 17.4 Å². The first-order valence-corrected chi connectivity index (χ1v) is 12.1. The summed E-state index contributed by atoms with van der Waals surface area (Å²) in [6.45, 7) is 0.420. The van der Waals surface area contributed by atoms with E-state index in [0.717, 1.165) is 11.1 Å². The summed E-state index contributed by atoms with van der Waals surface area (Å²) in [4.78, 5) is 32.3. The van der Waals surface area contributed by atoms with Crippen LogP contribution in [0.3, 0.4) is 0 Å². The van der Waals surface area contributed by atoms with Crippen LogP contribution in [0.4, 0.5) is 5.69 Å². The number of carbonyl (C=O) groups excluding carboxylic acids is 2. The van der Waals surface area contributed by atoms with Gasteiger partial charge >= 0.3 is 0 Å². The second-order valence-corrected chi connectivity index (χ2v) is 8.80. The monoisotopic (exact) mass is 490 g/mol. The van der Waals surface area contributed by atoms with Crippen molar-refractivity contribution in [2.45, 2.75) is 25.5 Å². The van der Waals surface area contributed by atoms with Crippen LogP contribution in [0.1, 0.15) is 29.2 Å². The largest absolute Gasteiger partial charge is 0.503 e. The van der Waals surface area contributed by atoms with Gasteiger partial charge < -0.3 is 9.84 Å². The summed E-state index contributed by atoms with van der Waals surface area (Å²) in [5.74, 6) is -0.756. The van der Waals surface area contributed by atoms with Crippen LogP contribution in [0.15, 0.2) is 121 Å². The van der Waals surface area contributed by atoms with E-state index < -0.39 is 17.7 Å². The third-order valence-corrected chi connectivity index (χ3v) is 6.36. The van der Waals surface area contributed by atoms with Crippen molar-refractivity contribution in [3.63, 3.8) is 0 Å². The van der Waals surface area contributed by atoms with Crippen molar-refractivity contribution < 1.29 is 19.4 Å². The van der Waals surface area contributed by atoms with E-state index in [1.165, 1.54) is 4.90 Å². The maximum atomic E-state index is 13.4. The Labute approximate surface area is 215 Å². The van der Waals surface area contributed by atoms with E-state index in [2.05, 4.69) is 4.98 Å². The zero-order chi connectivity index (χ0) is 25.6. The van der Waals surface area contributed by atoms with Crippen molar-refractivity contribution in [3.05, 3.63) is 137 Å². The first-order valence-electron chi connectivity index (χ1n) is 12.1. The number of benzene rings is 3. The van der Waals surface area contributed by atoms with Crippen molar-refractivity contribution in [2.24, 2.45) is 0 Å². The molecule has 6 nitrogen and oxygen atoms in total. The van der Waals surface area contributed by atoms with Crippen molar-refractivity contribution in [1.29, 1.82) is 0 Å². The number of Topliss-reactive ketones (excluding diaryl/α,β-unsaturated/α-hetero) is 1. The fourth-order valence-corrected chi connectivity index (χ4v) is 4.49. The average molecular weight is 491 g/mol. The molecule has 0 spiro atoms. The van der Waals surface area contributed by atoms with Crippen molar-refractivity contribution in [3.8, 4) is 5.75 Å². The Hall–Kier alpha value is -4.71. The number of hydrogen-bond donors (Lipinski definition) is 1. The molecular formula is C31H26N2O4. The van der Waals surface area contributed by atoms with Crippen LogP contribution in [0, 0.1) is 0 Å². The van der Waals surface area contributed by atoms with Gasteiger partial charge in [0, 0.05) is 24.5 Å². The summed E-state index contributed by atoms with van der Waals surface area (Å²) >= 11 is 0. The molecule has 1 atom stereocenters. The first-order chi connectivity index (χ1) is 18.1. The molecule has 0 saturated carbocycles. The minimum atomic E-state index is -0.777. The lowest BCUT2D eigenvalue weighted by atomic mass is 9.94. The van der Waals surface area contributed by atoms with E-state index in [-0.39, 0.29) is 17.8 Å². The van der Waals surface area contributed by atoms with Gasteiger partial charge in [-0.15, -0.1) is 0 Å². The molecule has 0 fully saturated rings. The van der Waals surface area contributed by atoms with Crippen LogP contribution < -0.4 is 9.64 Å². The Morgan fingerprint density at radius 1 is 0.865 bits per heavy atom. The second kappa shape index (κ2) is 10.9. The standard InChI is InChI=1S/C31H26N2O4/c34-27(18-13-22-8-3-1-4-9-22)28-29(24-12-7-19-32-20-24)33(31(36)30(28)35)25-14-16-26(17-15-25)37-21-23-10-5-2-6-11-23/h1-12,14-17,19-20,29,35H,13,18,21H2. The predicted octanol–water partition coefficient (Wildman–Crippen LogP) is 5.76. The van der Waals surface area contributed by atoms with E-state index in [0.29, 0.717) is 30.0 Å². The molecule has 1 N–H and O–H groups in total. The molecule has 184 valence electrons. The van der Waals surface area contributed by atoms with Gasteiger partial charge in [-0.3, -0.25) is 19.5 Å². The SMILES string of the molecule is O=C(CCc1ccccc1)C1=C(O)C(=O)N(c2ccc(OCc3ccccc3)cc2)C1c1cccnc1. The molecule has 1 aliphatic rings. The third-order valence-electron chi connectivity index (χ3n) is 6.36. The normalized spacial score (nSPS) is 15.2. The fourth-order valence-electron chi connectivity index (χ4n) is 4.49. The lowest BCUT2D eigenvalue weighted by molar-refractivity contribution is -0.118. The molecule has 2 heterocycles. The maximum Gasteiger partial charge on any atom is 0.294 e. The highest BCUT2D eigenvalue weighted by atomic mass is 16.5. The quantitative estimate of drug-likeness (QED) is 0.323. The molecule has 0 bridgehead atoms. The van der Waals surface area contributed by atoms with E-state index in [1.54, 1.807) is 48.8 Å². The van der Waals surface area contributed by atoms with Gasteiger partial charge in [-0.05, 0) is 53.4 Å². The lowest BCUT2D eigenvalue weighted by Gasteiger charge is -2.27. The van der Waals surface area contributed by atoms with Crippen LogP contribution in [0.5, 0.6) is 5.75 Å². The molecule has 0 radical (unpaired) electrons. The Morgan fingerprint density at radius 2 is 1.54 bits per heavy atom. The number of carbonyl (C=O) groups is 2. The van der Waals surface area contributed by atoms with Crippen LogP contribution in [-0.2, 0) is 22.6 Å². The number of aryl methyl sites for hydroxylation is 1. The lowest BCUT2D eigenvalue weighted by Crippen LogP contribution is -2.31. The molecule has 1 aliphatic heterocycles. The van der Waals surface area contributed by atoms with Gasteiger partial charge in [-0.1, -0.05) is 66.7 Å². The minimum Gasteiger partial charge on any atom is -0.503 e. The predicted molar refractivity (Wildman–Crippen MR) is 141 cm³/mol. The Balaban J connectivity index is 1.40. The van der Waals surface area contributed by atoms with E-state index in [9.17, 15) is 14.7 Å². The van der Waals surface area contributed by atoms with Gasteiger partial charge in [-0.25, -0.2) is 0 Å². The molecule has 5 rings (SSSR count). The molecular weight excluding hydrogens is 464 g/mol. The first kappa shape index (κ1) is 24.0. The summed E-state index contributed by atoms with van der Waals surface area (Å²) in [5.41, 5.74) is 3.35. The number of aliphatic hydroxyl groups excluding tert-OH is 1. The molecule has 4 aromatic rings. The number of ketones is 1. The van der Waals surface area contributed by atoms with Crippen molar-refractivity contribution in [2.75, 3.05) is 4.90 Å². The maximum absolute atomic E-state index is 13.4. The summed E-state index contributed by atoms with van der Waals surface area (Å²) in [6.07, 6.45) is 3.93. The number of hydrogen-bond acceptors (Lipinski definition) is 5. The third kappa shape index (κ3) is 5.28. The van der Waals surface area contributed by atoms with Gasteiger partial charge in [0.15, 0.2) is 11.5 Å². The Kier molecular flexibility index (Phi) is 7.08. The molecule has 6 heteroatoms. The van der Waals surface area contributed by atoms with Crippen molar-refractivity contribution in [1.82, 2.24) is 4.98 Å². The summed E-state index contributed by atoms with van der Waals surface area (Å²) in [5, 5.41) is 10.9. The Bertz CT molecular complexity index is 1400. The number of ether oxygens (including phenoxy) is 1. The highest BCUT2D eigenvalue weighted by Crippen LogP contribution is 2.41. The summed E-state index contributed by atoms with van der Waals surface area (Å²) in [7, 11) is 0. The Morgan fingerprint density at radius 3 is 2.19 bits per heavy atom. The van der Waals surface area contributed by atoms with Crippen LogP contribution in [-0.4, -0.2) is 21.8 Å². The number of nitrogens with zero attached hydrogens (tertiary/aromatic N) is 2. The highest BCUT2D eigenvalue weighted by Gasteiger charge is 2.44. The van der Waals surface area contributed by atoms with Gasteiger partial charge in [0.25, 0.3) is 5.91 Å². The zero-order valence-corrected chi connectivity index (χ0v) is 20.2. The van der Waals surface area contributed by atoms with Gasteiger partial charge in [0.2, 0.25) is 0 Å². The molecule has 1 amide bonds. The summed E-state index contributed by atoms with van der Waals surface area (Å²) in [6, 6.07) is 29.3. The van der Waals surface area contributed by atoms with E-state index in [4.69, 9.17) is 4.74 Å². The molecule has 37 heavy (non-hydrogen) atoms.